The molecule has 1 atom stereocenters. The third kappa shape index (κ3) is 3.35. The number of aryl methyl sites for hydroxylation is 1. The van der Waals surface area contributed by atoms with E-state index in [0.29, 0.717) is 12.5 Å². The van der Waals surface area contributed by atoms with Gasteiger partial charge in [-0.15, -0.1) is 0 Å². The monoisotopic (exact) mass is 304 g/mol. The highest BCUT2D eigenvalue weighted by molar-refractivity contribution is 5.79. The van der Waals surface area contributed by atoms with Gasteiger partial charge in [-0.2, -0.15) is 5.10 Å². The Balaban J connectivity index is 1.61. The number of carbonyl (C=O) groups is 1. The highest BCUT2D eigenvalue weighted by Crippen LogP contribution is 2.20. The predicted molar refractivity (Wildman–Crippen MR) is 86.8 cm³/mol. The Morgan fingerprint density at radius 1 is 1.23 bits per heavy atom. The lowest BCUT2D eigenvalue weighted by molar-refractivity contribution is -0.130. The summed E-state index contributed by atoms with van der Waals surface area (Å²) in [6.07, 6.45) is 9.35. The van der Waals surface area contributed by atoms with Gasteiger partial charge in [-0.3, -0.25) is 9.48 Å². The van der Waals surface area contributed by atoms with Crippen LogP contribution in [0.2, 0.25) is 0 Å². The van der Waals surface area contributed by atoms with Crippen LogP contribution in [0.3, 0.4) is 0 Å². The van der Waals surface area contributed by atoms with E-state index in [1.54, 1.807) is 0 Å². The largest absolute Gasteiger partial charge is 0.342 e. The van der Waals surface area contributed by atoms with Crippen LogP contribution in [0.4, 0.5) is 0 Å². The van der Waals surface area contributed by atoms with Crippen molar-refractivity contribution in [3.63, 3.8) is 0 Å². The second-order valence-corrected chi connectivity index (χ2v) is 6.90. The van der Waals surface area contributed by atoms with Gasteiger partial charge in [0.25, 0.3) is 0 Å². The quantitative estimate of drug-likeness (QED) is 0.853. The van der Waals surface area contributed by atoms with Crippen molar-refractivity contribution >= 4 is 5.91 Å². The number of hydrogen-bond acceptors (Lipinski definition) is 3. The van der Waals surface area contributed by atoms with Crippen molar-refractivity contribution in [2.45, 2.75) is 57.5 Å². The van der Waals surface area contributed by atoms with Crippen LogP contribution in [-0.4, -0.2) is 58.7 Å². The van der Waals surface area contributed by atoms with Crippen LogP contribution in [0.1, 0.15) is 43.4 Å². The molecule has 1 amide bonds. The van der Waals surface area contributed by atoms with Gasteiger partial charge in [0, 0.05) is 36.9 Å². The topological polar surface area (TPSA) is 41.4 Å². The van der Waals surface area contributed by atoms with Crippen molar-refractivity contribution in [3.8, 4) is 0 Å². The highest BCUT2D eigenvalue weighted by atomic mass is 16.2. The zero-order chi connectivity index (χ0) is 15.5. The van der Waals surface area contributed by atoms with E-state index in [2.05, 4.69) is 33.7 Å². The van der Waals surface area contributed by atoms with Gasteiger partial charge in [-0.1, -0.05) is 0 Å². The van der Waals surface area contributed by atoms with Crippen LogP contribution in [0, 0.1) is 0 Å². The number of rotatable bonds is 3. The normalized spacial score (nSPS) is 22.5. The van der Waals surface area contributed by atoms with Crippen LogP contribution < -0.4 is 0 Å². The molecular weight excluding hydrogens is 276 g/mol. The third-order valence-corrected chi connectivity index (χ3v) is 5.19. The average molecular weight is 304 g/mol. The lowest BCUT2D eigenvalue weighted by Crippen LogP contribution is -2.34. The molecule has 5 heteroatoms. The first-order chi connectivity index (χ1) is 10.6. The predicted octanol–water partition coefficient (Wildman–Crippen LogP) is 1.70. The van der Waals surface area contributed by atoms with Crippen molar-refractivity contribution in [1.29, 1.82) is 0 Å². The first-order valence-corrected chi connectivity index (χ1v) is 8.63. The minimum Gasteiger partial charge on any atom is -0.342 e. The van der Waals surface area contributed by atoms with Gasteiger partial charge in [0.15, 0.2) is 0 Å². The number of fused-ring (bicyclic) bond motifs is 1. The molecule has 1 aromatic rings. The Bertz CT molecular complexity index is 523. The molecule has 2 aliphatic heterocycles. The summed E-state index contributed by atoms with van der Waals surface area (Å²) in [4.78, 5) is 17.0. The molecule has 3 rings (SSSR count). The standard InChI is InChI=1S/C17H28N4O/c1-19(2)15-6-5-9-20(11-8-15)17(22)12-14-13-18-21-10-4-3-7-16(14)21/h13,15H,3-12H2,1-2H3. The maximum atomic E-state index is 12.7. The van der Waals surface area contributed by atoms with E-state index in [4.69, 9.17) is 0 Å². The van der Waals surface area contributed by atoms with Gasteiger partial charge in [-0.25, -0.2) is 0 Å². The Labute approximate surface area is 133 Å². The highest BCUT2D eigenvalue weighted by Gasteiger charge is 2.23. The molecule has 1 fully saturated rings. The smallest absolute Gasteiger partial charge is 0.227 e. The number of likely N-dealkylation sites (tertiary alicyclic amines) is 1. The zero-order valence-corrected chi connectivity index (χ0v) is 13.9. The molecule has 122 valence electrons. The molecule has 0 radical (unpaired) electrons. The van der Waals surface area contributed by atoms with Crippen LogP contribution in [0.15, 0.2) is 6.20 Å². The van der Waals surface area contributed by atoms with E-state index in [1.165, 1.54) is 25.0 Å². The summed E-state index contributed by atoms with van der Waals surface area (Å²) in [6.45, 7) is 2.82. The summed E-state index contributed by atoms with van der Waals surface area (Å²) in [5.41, 5.74) is 2.44. The zero-order valence-electron chi connectivity index (χ0n) is 13.9. The van der Waals surface area contributed by atoms with E-state index in [0.717, 1.165) is 44.5 Å². The first kappa shape index (κ1) is 15.5. The molecule has 0 bridgehead atoms. The van der Waals surface area contributed by atoms with Crippen molar-refractivity contribution in [2.24, 2.45) is 0 Å². The Morgan fingerprint density at radius 3 is 2.91 bits per heavy atom. The molecule has 0 aromatic carbocycles. The molecule has 22 heavy (non-hydrogen) atoms. The maximum absolute atomic E-state index is 12.7. The summed E-state index contributed by atoms with van der Waals surface area (Å²) in [7, 11) is 4.28. The number of hydrogen-bond donors (Lipinski definition) is 0. The molecule has 0 saturated carbocycles. The molecular formula is C17H28N4O. The fourth-order valence-corrected chi connectivity index (χ4v) is 3.75. The summed E-state index contributed by atoms with van der Waals surface area (Å²) >= 11 is 0. The molecule has 0 aliphatic carbocycles. The molecule has 1 aromatic heterocycles. The number of aromatic nitrogens is 2. The lowest BCUT2D eigenvalue weighted by atomic mass is 10.0. The summed E-state index contributed by atoms with van der Waals surface area (Å²) in [6, 6.07) is 0.613. The molecule has 2 aliphatic rings. The van der Waals surface area contributed by atoms with Gasteiger partial charge in [0.1, 0.15) is 0 Å². The second-order valence-electron chi connectivity index (χ2n) is 6.90. The van der Waals surface area contributed by atoms with Crippen LogP contribution in [-0.2, 0) is 24.2 Å². The van der Waals surface area contributed by atoms with Crippen LogP contribution >= 0.6 is 0 Å². The van der Waals surface area contributed by atoms with Crippen molar-refractivity contribution in [3.05, 3.63) is 17.5 Å². The molecule has 1 saturated heterocycles. The molecule has 5 nitrogen and oxygen atoms in total. The molecule has 1 unspecified atom stereocenters. The van der Waals surface area contributed by atoms with Gasteiger partial charge >= 0.3 is 0 Å². The number of nitrogens with zero attached hydrogens (tertiary/aromatic N) is 4. The van der Waals surface area contributed by atoms with Crippen molar-refractivity contribution in [1.82, 2.24) is 19.6 Å². The van der Waals surface area contributed by atoms with Crippen LogP contribution in [0.5, 0.6) is 0 Å². The van der Waals surface area contributed by atoms with Crippen molar-refractivity contribution in [2.75, 3.05) is 27.2 Å². The van der Waals surface area contributed by atoms with E-state index in [1.807, 2.05) is 6.20 Å². The Kier molecular flexibility index (Phi) is 4.81. The Morgan fingerprint density at radius 2 is 2.09 bits per heavy atom. The van der Waals surface area contributed by atoms with Gasteiger partial charge in [0.2, 0.25) is 5.91 Å². The van der Waals surface area contributed by atoms with Gasteiger partial charge in [-0.05, 0) is 52.6 Å². The first-order valence-electron chi connectivity index (χ1n) is 8.63. The van der Waals surface area contributed by atoms with Crippen LogP contribution in [0.25, 0.3) is 0 Å². The fourth-order valence-electron chi connectivity index (χ4n) is 3.75. The third-order valence-electron chi connectivity index (χ3n) is 5.19. The summed E-state index contributed by atoms with van der Waals surface area (Å²) < 4.78 is 2.09. The number of carbonyl (C=O) groups excluding carboxylic acids is 1. The molecule has 3 heterocycles. The van der Waals surface area contributed by atoms with E-state index in [9.17, 15) is 4.79 Å². The van der Waals surface area contributed by atoms with Gasteiger partial charge in [0.05, 0.1) is 12.6 Å². The average Bonchev–Trinajstić information content (AvgIpc) is 2.75. The van der Waals surface area contributed by atoms with E-state index in [-0.39, 0.29) is 5.91 Å². The fraction of sp³-hybridized carbons (Fsp3) is 0.765. The summed E-state index contributed by atoms with van der Waals surface area (Å²) in [5, 5.41) is 4.45. The maximum Gasteiger partial charge on any atom is 0.227 e. The Hall–Kier alpha value is -1.36. The summed E-state index contributed by atoms with van der Waals surface area (Å²) in [5.74, 6) is 0.278. The van der Waals surface area contributed by atoms with E-state index < -0.39 is 0 Å². The minimum absolute atomic E-state index is 0.278. The minimum atomic E-state index is 0.278. The lowest BCUT2D eigenvalue weighted by Gasteiger charge is -2.23. The molecule has 0 N–H and O–H groups in total. The molecule has 0 spiro atoms. The number of amides is 1. The van der Waals surface area contributed by atoms with Crippen molar-refractivity contribution < 1.29 is 4.79 Å². The SMILES string of the molecule is CN(C)C1CCCN(C(=O)Cc2cnn3c2CCCC3)CC1. The second kappa shape index (κ2) is 6.82. The van der Waals surface area contributed by atoms with E-state index >= 15 is 0 Å². The van der Waals surface area contributed by atoms with Gasteiger partial charge < -0.3 is 9.80 Å².